The van der Waals surface area contributed by atoms with Crippen LogP contribution < -0.4 is 0 Å². The average Bonchev–Trinajstić information content (AvgIpc) is 2.48. The second-order valence-electron chi connectivity index (χ2n) is 7.39. The van der Waals surface area contributed by atoms with Gasteiger partial charge in [0.05, 0.1) is 0 Å². The summed E-state index contributed by atoms with van der Waals surface area (Å²) in [5.74, 6) is 3.48. The van der Waals surface area contributed by atoms with Gasteiger partial charge >= 0.3 is 0 Å². The predicted octanol–water partition coefficient (Wildman–Crippen LogP) is 6.71. The van der Waals surface area contributed by atoms with Crippen molar-refractivity contribution >= 4 is 0 Å². The minimum absolute atomic E-state index is 0.778. The summed E-state index contributed by atoms with van der Waals surface area (Å²) in [6, 6.07) is 0. The summed E-state index contributed by atoms with van der Waals surface area (Å²) in [6.07, 6.45) is 12.3. The van der Waals surface area contributed by atoms with Crippen molar-refractivity contribution in [2.75, 3.05) is 13.7 Å². The summed E-state index contributed by atoms with van der Waals surface area (Å²) in [5, 5.41) is 0. The van der Waals surface area contributed by atoms with E-state index in [1.807, 2.05) is 7.11 Å². The third-order valence-electron chi connectivity index (χ3n) is 5.24. The van der Waals surface area contributed by atoms with Crippen molar-refractivity contribution < 1.29 is 4.74 Å². The van der Waals surface area contributed by atoms with Gasteiger partial charge in [-0.3, -0.25) is 0 Å². The zero-order valence-electron chi connectivity index (χ0n) is 15.8. The fourth-order valence-electron chi connectivity index (χ4n) is 3.40. The summed E-state index contributed by atoms with van der Waals surface area (Å²) in [6.45, 7) is 12.7. The van der Waals surface area contributed by atoms with Crippen LogP contribution in [0.3, 0.4) is 0 Å². The van der Waals surface area contributed by atoms with Gasteiger partial charge < -0.3 is 4.74 Å². The van der Waals surface area contributed by atoms with E-state index in [0.29, 0.717) is 0 Å². The van der Waals surface area contributed by atoms with E-state index in [1.54, 1.807) is 0 Å². The number of rotatable bonds is 14. The lowest BCUT2D eigenvalue weighted by Gasteiger charge is -2.23. The molecule has 0 aliphatic rings. The quantitative estimate of drug-likeness (QED) is 0.346. The van der Waals surface area contributed by atoms with Crippen molar-refractivity contribution in [1.29, 1.82) is 0 Å². The molecular weight excluding hydrogens is 256 g/mol. The summed E-state index contributed by atoms with van der Waals surface area (Å²) in [4.78, 5) is 0. The van der Waals surface area contributed by atoms with E-state index in [0.717, 1.165) is 30.3 Å². The van der Waals surface area contributed by atoms with Crippen LogP contribution in [0.2, 0.25) is 0 Å². The van der Waals surface area contributed by atoms with Crippen molar-refractivity contribution in [1.82, 2.24) is 0 Å². The molecule has 0 radical (unpaired) electrons. The first-order chi connectivity index (χ1) is 10.1. The highest BCUT2D eigenvalue weighted by atomic mass is 16.5. The van der Waals surface area contributed by atoms with Gasteiger partial charge in [-0.15, -0.1) is 0 Å². The van der Waals surface area contributed by atoms with Crippen LogP contribution in [0.15, 0.2) is 0 Å². The Morgan fingerprint density at radius 1 is 0.714 bits per heavy atom. The van der Waals surface area contributed by atoms with Crippen LogP contribution in [0.5, 0.6) is 0 Å². The maximum Gasteiger partial charge on any atom is 0.0490 e. The Kier molecular flexibility index (Phi) is 13.6. The lowest BCUT2D eigenvalue weighted by molar-refractivity contribution is 0.133. The van der Waals surface area contributed by atoms with E-state index in [-0.39, 0.29) is 0 Å². The highest BCUT2D eigenvalue weighted by Crippen LogP contribution is 2.27. The van der Waals surface area contributed by atoms with E-state index in [2.05, 4.69) is 34.6 Å². The number of methoxy groups -OCH3 is 1. The molecule has 0 heterocycles. The fourth-order valence-corrected chi connectivity index (χ4v) is 3.40. The van der Waals surface area contributed by atoms with Crippen LogP contribution in [0, 0.1) is 23.7 Å². The van der Waals surface area contributed by atoms with Crippen LogP contribution in [-0.4, -0.2) is 13.7 Å². The van der Waals surface area contributed by atoms with E-state index >= 15 is 0 Å². The van der Waals surface area contributed by atoms with Crippen molar-refractivity contribution in [2.24, 2.45) is 23.7 Å². The van der Waals surface area contributed by atoms with Gasteiger partial charge in [0.15, 0.2) is 0 Å². The first kappa shape index (κ1) is 21.0. The molecule has 0 N–H and O–H groups in total. The van der Waals surface area contributed by atoms with Crippen LogP contribution in [0.4, 0.5) is 0 Å². The molecule has 0 saturated carbocycles. The molecule has 1 nitrogen and oxygen atoms in total. The normalized spacial score (nSPS) is 17.4. The minimum atomic E-state index is 0.778. The first-order valence-electron chi connectivity index (χ1n) is 9.56. The molecule has 0 aromatic rings. The predicted molar refractivity (Wildman–Crippen MR) is 95.8 cm³/mol. The van der Waals surface area contributed by atoms with Gasteiger partial charge in [-0.25, -0.2) is 0 Å². The molecule has 0 aromatic heterocycles. The smallest absolute Gasteiger partial charge is 0.0490 e. The molecule has 1 heteroatoms. The van der Waals surface area contributed by atoms with E-state index in [4.69, 9.17) is 4.74 Å². The van der Waals surface area contributed by atoms with Gasteiger partial charge in [-0.1, -0.05) is 73.1 Å². The average molecular weight is 299 g/mol. The summed E-state index contributed by atoms with van der Waals surface area (Å²) >= 11 is 0. The Labute approximate surface area is 135 Å². The molecule has 0 fully saturated rings. The number of ether oxygens (including phenoxy) is 1. The molecule has 128 valence electrons. The Morgan fingerprint density at radius 3 is 1.86 bits per heavy atom. The monoisotopic (exact) mass is 298 g/mol. The van der Waals surface area contributed by atoms with Gasteiger partial charge in [0.2, 0.25) is 0 Å². The molecule has 0 rings (SSSR count). The fraction of sp³-hybridized carbons (Fsp3) is 1.00. The standard InChI is InChI=1S/C20H42O/c1-7-10-18(5)11-12-20(16-21-6)14-13-19(9-3)15-17(4)8-2/h17-20H,7-16H2,1-6H3. The van der Waals surface area contributed by atoms with Crippen LogP contribution in [-0.2, 0) is 4.74 Å². The Morgan fingerprint density at radius 2 is 1.33 bits per heavy atom. The maximum absolute atomic E-state index is 5.46. The van der Waals surface area contributed by atoms with Crippen LogP contribution in [0.1, 0.15) is 92.4 Å². The van der Waals surface area contributed by atoms with Crippen LogP contribution in [0.25, 0.3) is 0 Å². The molecule has 0 saturated heterocycles. The molecule has 0 aliphatic carbocycles. The third-order valence-corrected chi connectivity index (χ3v) is 5.24. The van der Waals surface area contributed by atoms with Gasteiger partial charge in [-0.2, -0.15) is 0 Å². The Hall–Kier alpha value is -0.0400. The van der Waals surface area contributed by atoms with Gasteiger partial charge in [0.25, 0.3) is 0 Å². The van der Waals surface area contributed by atoms with E-state index in [1.165, 1.54) is 57.8 Å². The Balaban J connectivity index is 4.10. The van der Waals surface area contributed by atoms with Gasteiger partial charge in [0.1, 0.15) is 0 Å². The van der Waals surface area contributed by atoms with Crippen LogP contribution >= 0.6 is 0 Å². The molecule has 21 heavy (non-hydrogen) atoms. The highest BCUT2D eigenvalue weighted by molar-refractivity contribution is 4.67. The second kappa shape index (κ2) is 13.6. The number of hydrogen-bond donors (Lipinski definition) is 0. The number of hydrogen-bond acceptors (Lipinski definition) is 1. The SMILES string of the molecule is CCCC(C)CCC(CCC(CC)CC(C)CC)COC. The molecule has 0 bridgehead atoms. The van der Waals surface area contributed by atoms with Crippen molar-refractivity contribution in [3.8, 4) is 0 Å². The molecule has 0 aliphatic heterocycles. The largest absolute Gasteiger partial charge is 0.384 e. The molecule has 4 atom stereocenters. The maximum atomic E-state index is 5.46. The Bertz CT molecular complexity index is 214. The van der Waals surface area contributed by atoms with Crippen molar-refractivity contribution in [2.45, 2.75) is 92.4 Å². The lowest BCUT2D eigenvalue weighted by atomic mass is 9.84. The zero-order chi connectivity index (χ0) is 16.1. The van der Waals surface area contributed by atoms with Crippen molar-refractivity contribution in [3.63, 3.8) is 0 Å². The molecule has 4 unspecified atom stereocenters. The minimum Gasteiger partial charge on any atom is -0.384 e. The zero-order valence-corrected chi connectivity index (χ0v) is 15.8. The highest BCUT2D eigenvalue weighted by Gasteiger charge is 2.15. The first-order valence-corrected chi connectivity index (χ1v) is 9.56. The van der Waals surface area contributed by atoms with E-state index < -0.39 is 0 Å². The topological polar surface area (TPSA) is 9.23 Å². The summed E-state index contributed by atoms with van der Waals surface area (Å²) in [7, 11) is 1.86. The third kappa shape index (κ3) is 11.2. The van der Waals surface area contributed by atoms with Gasteiger partial charge in [-0.05, 0) is 42.9 Å². The summed E-state index contributed by atoms with van der Waals surface area (Å²) in [5.41, 5.74) is 0. The lowest BCUT2D eigenvalue weighted by Crippen LogP contribution is -2.13. The van der Waals surface area contributed by atoms with Gasteiger partial charge in [0, 0.05) is 13.7 Å². The van der Waals surface area contributed by atoms with E-state index in [9.17, 15) is 0 Å². The second-order valence-corrected chi connectivity index (χ2v) is 7.39. The molecule has 0 spiro atoms. The molecular formula is C20H42O. The molecule has 0 aromatic carbocycles. The summed E-state index contributed by atoms with van der Waals surface area (Å²) < 4.78 is 5.46. The molecule has 0 amide bonds. The van der Waals surface area contributed by atoms with Crippen molar-refractivity contribution in [3.05, 3.63) is 0 Å².